The molecule has 2 nitrogen and oxygen atoms in total. The summed E-state index contributed by atoms with van der Waals surface area (Å²) >= 11 is 6.25. The Kier molecular flexibility index (Phi) is 4.13. The molecule has 0 saturated heterocycles. The highest BCUT2D eigenvalue weighted by atomic mass is 35.5. The second-order valence-electron chi connectivity index (χ2n) is 5.43. The Labute approximate surface area is 128 Å². The molecule has 3 rings (SSSR count). The first kappa shape index (κ1) is 14.4. The van der Waals surface area contributed by atoms with E-state index in [1.165, 1.54) is 18.9 Å². The summed E-state index contributed by atoms with van der Waals surface area (Å²) in [6, 6.07) is 11.1. The van der Waals surface area contributed by atoms with E-state index in [0.29, 0.717) is 28.1 Å². The van der Waals surface area contributed by atoms with Crippen LogP contribution in [0.3, 0.4) is 0 Å². The molecule has 0 unspecified atom stereocenters. The van der Waals surface area contributed by atoms with Gasteiger partial charge in [-0.25, -0.2) is 4.39 Å². The van der Waals surface area contributed by atoms with Gasteiger partial charge in [0.25, 0.3) is 0 Å². The van der Waals surface area contributed by atoms with Crippen LogP contribution in [0.5, 0.6) is 11.5 Å². The normalized spacial score (nSPS) is 14.2. The maximum Gasteiger partial charge on any atom is 0.146 e. The van der Waals surface area contributed by atoms with Crippen molar-refractivity contribution in [2.75, 3.05) is 0 Å². The van der Waals surface area contributed by atoms with E-state index in [0.717, 1.165) is 12.1 Å². The molecule has 0 aliphatic heterocycles. The van der Waals surface area contributed by atoms with Gasteiger partial charge in [-0.05, 0) is 61.2 Å². The number of ether oxygens (including phenoxy) is 1. The van der Waals surface area contributed by atoms with Crippen molar-refractivity contribution in [2.45, 2.75) is 32.4 Å². The van der Waals surface area contributed by atoms with Crippen LogP contribution in [-0.2, 0) is 6.54 Å². The van der Waals surface area contributed by atoms with Crippen LogP contribution in [0, 0.1) is 12.7 Å². The fraction of sp³-hybridized carbons (Fsp3) is 0.294. The van der Waals surface area contributed by atoms with Gasteiger partial charge in [-0.3, -0.25) is 0 Å². The van der Waals surface area contributed by atoms with E-state index in [4.69, 9.17) is 16.3 Å². The summed E-state index contributed by atoms with van der Waals surface area (Å²) in [5, 5.41) is 4.00. The fourth-order valence-electron chi connectivity index (χ4n) is 2.09. The third-order valence-corrected chi connectivity index (χ3v) is 3.82. The molecule has 0 bridgehead atoms. The van der Waals surface area contributed by atoms with Crippen molar-refractivity contribution in [3.8, 4) is 11.5 Å². The Morgan fingerprint density at radius 1 is 1.24 bits per heavy atom. The van der Waals surface area contributed by atoms with Crippen LogP contribution in [-0.4, -0.2) is 6.04 Å². The smallest absolute Gasteiger partial charge is 0.146 e. The van der Waals surface area contributed by atoms with Crippen LogP contribution in [0.25, 0.3) is 0 Å². The highest BCUT2D eigenvalue weighted by Crippen LogP contribution is 2.31. The van der Waals surface area contributed by atoms with Crippen LogP contribution < -0.4 is 10.1 Å². The molecule has 0 amide bonds. The molecule has 21 heavy (non-hydrogen) atoms. The van der Waals surface area contributed by atoms with E-state index in [-0.39, 0.29) is 5.82 Å². The van der Waals surface area contributed by atoms with Gasteiger partial charge in [-0.15, -0.1) is 0 Å². The van der Waals surface area contributed by atoms with Crippen LogP contribution in [0.1, 0.15) is 24.0 Å². The zero-order chi connectivity index (χ0) is 14.8. The average Bonchev–Trinajstić information content (AvgIpc) is 3.27. The zero-order valence-electron chi connectivity index (χ0n) is 11.8. The lowest BCUT2D eigenvalue weighted by atomic mass is 10.2. The van der Waals surface area contributed by atoms with Crippen molar-refractivity contribution in [1.82, 2.24) is 5.32 Å². The van der Waals surface area contributed by atoms with Gasteiger partial charge < -0.3 is 10.1 Å². The molecule has 2 aromatic carbocycles. The lowest BCUT2D eigenvalue weighted by Gasteiger charge is -2.10. The molecule has 1 saturated carbocycles. The third kappa shape index (κ3) is 3.74. The van der Waals surface area contributed by atoms with Crippen molar-refractivity contribution in [1.29, 1.82) is 0 Å². The van der Waals surface area contributed by atoms with Crippen molar-refractivity contribution in [3.63, 3.8) is 0 Å². The van der Waals surface area contributed by atoms with Crippen molar-refractivity contribution in [3.05, 3.63) is 58.4 Å². The van der Waals surface area contributed by atoms with Crippen LogP contribution >= 0.6 is 11.6 Å². The summed E-state index contributed by atoms with van der Waals surface area (Å²) < 4.78 is 19.0. The van der Waals surface area contributed by atoms with Gasteiger partial charge in [-0.1, -0.05) is 17.7 Å². The fourth-order valence-corrected chi connectivity index (χ4v) is 2.34. The minimum Gasteiger partial charge on any atom is -0.456 e. The number of aryl methyl sites for hydroxylation is 1. The topological polar surface area (TPSA) is 21.3 Å². The molecule has 0 aromatic heterocycles. The molecule has 110 valence electrons. The predicted molar refractivity (Wildman–Crippen MR) is 82.5 cm³/mol. The minimum absolute atomic E-state index is 0.241. The Hall–Kier alpha value is -1.58. The molecular formula is C17H17ClFNO. The number of rotatable bonds is 5. The van der Waals surface area contributed by atoms with Crippen LogP contribution in [0.15, 0.2) is 36.4 Å². The second-order valence-corrected chi connectivity index (χ2v) is 5.84. The summed E-state index contributed by atoms with van der Waals surface area (Å²) in [6.45, 7) is 2.52. The predicted octanol–water partition coefficient (Wildman–Crippen LogP) is 4.83. The third-order valence-electron chi connectivity index (χ3n) is 3.53. The molecule has 0 atom stereocenters. The Balaban J connectivity index is 1.70. The molecule has 0 heterocycles. The maximum atomic E-state index is 13.2. The summed E-state index contributed by atoms with van der Waals surface area (Å²) in [4.78, 5) is 0. The van der Waals surface area contributed by atoms with E-state index >= 15 is 0 Å². The summed E-state index contributed by atoms with van der Waals surface area (Å²) in [5.41, 5.74) is 1.68. The van der Waals surface area contributed by atoms with Gasteiger partial charge in [0.1, 0.15) is 17.3 Å². The second kappa shape index (κ2) is 6.04. The van der Waals surface area contributed by atoms with Crippen molar-refractivity contribution < 1.29 is 9.13 Å². The average molecular weight is 306 g/mol. The largest absolute Gasteiger partial charge is 0.456 e. The number of benzene rings is 2. The van der Waals surface area contributed by atoms with Gasteiger partial charge >= 0.3 is 0 Å². The first-order valence-electron chi connectivity index (χ1n) is 7.07. The van der Waals surface area contributed by atoms with E-state index in [2.05, 4.69) is 5.32 Å². The lowest BCUT2D eigenvalue weighted by Crippen LogP contribution is -2.15. The van der Waals surface area contributed by atoms with E-state index < -0.39 is 0 Å². The van der Waals surface area contributed by atoms with Gasteiger partial charge in [0.05, 0.1) is 5.02 Å². The minimum atomic E-state index is -0.241. The number of halogens is 2. The molecule has 1 aliphatic rings. The van der Waals surface area contributed by atoms with Crippen LogP contribution in [0.4, 0.5) is 4.39 Å². The van der Waals surface area contributed by atoms with Gasteiger partial charge in [0.2, 0.25) is 0 Å². The standard InChI is InChI=1S/C17H17ClFNO/c1-11-8-14(5-6-16(11)19)21-17-7-2-12(9-15(17)18)10-20-13-3-4-13/h2,5-9,13,20H,3-4,10H2,1H3. The van der Waals surface area contributed by atoms with Gasteiger partial charge in [0, 0.05) is 12.6 Å². The molecular weight excluding hydrogens is 289 g/mol. The lowest BCUT2D eigenvalue weighted by molar-refractivity contribution is 0.479. The Bertz CT molecular complexity index is 655. The molecule has 1 fully saturated rings. The molecule has 0 spiro atoms. The Morgan fingerprint density at radius 2 is 2.05 bits per heavy atom. The van der Waals surface area contributed by atoms with Crippen molar-refractivity contribution in [2.24, 2.45) is 0 Å². The van der Waals surface area contributed by atoms with E-state index in [9.17, 15) is 4.39 Å². The SMILES string of the molecule is Cc1cc(Oc2ccc(CNC3CC3)cc2Cl)ccc1F. The number of nitrogens with one attached hydrogen (secondary N) is 1. The van der Waals surface area contributed by atoms with Gasteiger partial charge in [0.15, 0.2) is 0 Å². The molecule has 4 heteroatoms. The van der Waals surface area contributed by atoms with Gasteiger partial charge in [-0.2, -0.15) is 0 Å². The molecule has 1 N–H and O–H groups in total. The van der Waals surface area contributed by atoms with Crippen LogP contribution in [0.2, 0.25) is 5.02 Å². The van der Waals surface area contributed by atoms with E-state index in [1.54, 1.807) is 19.1 Å². The quantitative estimate of drug-likeness (QED) is 0.854. The molecule has 2 aromatic rings. The number of hydrogen-bond donors (Lipinski definition) is 1. The van der Waals surface area contributed by atoms with Crippen molar-refractivity contribution >= 4 is 11.6 Å². The maximum absolute atomic E-state index is 13.2. The zero-order valence-corrected chi connectivity index (χ0v) is 12.6. The summed E-state index contributed by atoms with van der Waals surface area (Å²) in [5.74, 6) is 0.924. The summed E-state index contributed by atoms with van der Waals surface area (Å²) in [7, 11) is 0. The van der Waals surface area contributed by atoms with E-state index in [1.807, 2.05) is 18.2 Å². The summed E-state index contributed by atoms with van der Waals surface area (Å²) in [6.07, 6.45) is 2.53. The first-order valence-corrected chi connectivity index (χ1v) is 7.45. The monoisotopic (exact) mass is 305 g/mol. The highest BCUT2D eigenvalue weighted by molar-refractivity contribution is 6.32. The number of hydrogen-bond acceptors (Lipinski definition) is 2. The molecule has 0 radical (unpaired) electrons. The first-order chi connectivity index (χ1) is 10.1. The highest BCUT2D eigenvalue weighted by Gasteiger charge is 2.20. The Morgan fingerprint density at radius 3 is 2.71 bits per heavy atom. The molecule has 1 aliphatic carbocycles.